The average Bonchev–Trinajstić information content (AvgIpc) is 2.73. The third kappa shape index (κ3) is 22.9. The van der Waals surface area contributed by atoms with Gasteiger partial charge in [-0.05, 0) is 46.0 Å². The van der Waals surface area contributed by atoms with E-state index in [1.165, 1.54) is 101 Å². The van der Waals surface area contributed by atoms with Crippen LogP contribution in [0.25, 0.3) is 0 Å². The summed E-state index contributed by atoms with van der Waals surface area (Å²) in [6, 6.07) is 0. The zero-order valence-electron chi connectivity index (χ0n) is 20.8. The molecule has 0 spiro atoms. The highest BCUT2D eigenvalue weighted by atomic mass is 16.4. The van der Waals surface area contributed by atoms with Crippen molar-refractivity contribution in [1.29, 1.82) is 0 Å². The Labute approximate surface area is 192 Å². The van der Waals surface area contributed by atoms with Gasteiger partial charge in [0, 0.05) is 24.6 Å². The minimum Gasteiger partial charge on any atom is -0.550 e. The van der Waals surface area contributed by atoms with E-state index in [2.05, 4.69) is 43.2 Å². The Hall–Kier alpha value is -1.58. The zero-order valence-corrected chi connectivity index (χ0v) is 20.8. The van der Waals surface area contributed by atoms with Gasteiger partial charge in [-0.25, -0.2) is 0 Å². The van der Waals surface area contributed by atoms with E-state index in [9.17, 15) is 9.90 Å². The molecule has 0 aliphatic carbocycles. The van der Waals surface area contributed by atoms with Crippen molar-refractivity contribution in [2.75, 3.05) is 13.1 Å². The quantitative estimate of drug-likeness (QED) is 0.149. The molecule has 0 saturated heterocycles. The van der Waals surface area contributed by atoms with Gasteiger partial charge in [-0.2, -0.15) is 0 Å². The molecule has 0 saturated carbocycles. The lowest BCUT2D eigenvalue weighted by molar-refractivity contribution is -0.454. The summed E-state index contributed by atoms with van der Waals surface area (Å²) in [7, 11) is 0. The van der Waals surface area contributed by atoms with Crippen LogP contribution < -0.4 is 15.4 Å². The maximum atomic E-state index is 10.4. The molecule has 4 nitrogen and oxygen atoms in total. The van der Waals surface area contributed by atoms with Gasteiger partial charge < -0.3 is 15.2 Å². The molecule has 0 heterocycles. The van der Waals surface area contributed by atoms with E-state index >= 15 is 0 Å². The number of allylic oxidation sites excluding steroid dienone is 4. The molecule has 0 amide bonds. The SMILES string of the molecule is CCCCCCCC/C=C\CCCCCCCCNC(CC=[NH+]CCC(=O)[O-])=C(C)C. The Morgan fingerprint density at radius 3 is 1.94 bits per heavy atom. The van der Waals surface area contributed by atoms with Gasteiger partial charge in [-0.3, -0.25) is 4.99 Å². The van der Waals surface area contributed by atoms with Crippen molar-refractivity contribution in [3.05, 3.63) is 23.4 Å². The van der Waals surface area contributed by atoms with Gasteiger partial charge in [-0.1, -0.05) is 82.4 Å². The van der Waals surface area contributed by atoms with Crippen molar-refractivity contribution in [3.63, 3.8) is 0 Å². The summed E-state index contributed by atoms with van der Waals surface area (Å²) in [6.45, 7) is 7.93. The second-order valence-electron chi connectivity index (χ2n) is 8.83. The van der Waals surface area contributed by atoms with Crippen molar-refractivity contribution in [2.45, 2.75) is 124 Å². The fourth-order valence-electron chi connectivity index (χ4n) is 3.52. The molecule has 0 aromatic heterocycles. The number of nitrogens with one attached hydrogen (secondary N) is 2. The molecule has 0 bridgehead atoms. The number of hydrogen-bond acceptors (Lipinski definition) is 3. The van der Waals surface area contributed by atoms with Gasteiger partial charge in [0.25, 0.3) is 0 Å². The van der Waals surface area contributed by atoms with Crippen LogP contribution in [-0.2, 0) is 4.79 Å². The molecule has 180 valence electrons. The number of carboxylic acid groups (broad SMARTS) is 1. The largest absolute Gasteiger partial charge is 0.550 e. The normalized spacial score (nSPS) is 11.5. The highest BCUT2D eigenvalue weighted by molar-refractivity contribution is 5.64. The zero-order chi connectivity index (χ0) is 23.0. The van der Waals surface area contributed by atoms with Crippen molar-refractivity contribution in [3.8, 4) is 0 Å². The van der Waals surface area contributed by atoms with E-state index in [1.807, 2.05) is 6.21 Å². The van der Waals surface area contributed by atoms with E-state index < -0.39 is 5.97 Å². The van der Waals surface area contributed by atoms with Gasteiger partial charge in [-0.15, -0.1) is 0 Å². The summed E-state index contributed by atoms with van der Waals surface area (Å²) in [5.41, 5.74) is 2.51. The second-order valence-corrected chi connectivity index (χ2v) is 8.83. The van der Waals surface area contributed by atoms with Crippen LogP contribution in [0.15, 0.2) is 23.4 Å². The number of hydrogen-bond donors (Lipinski definition) is 2. The standard InChI is InChI=1S/C27H50N2O2/c1-4-5-6-7-8-9-10-11-12-13-14-15-16-17-18-19-22-29-26(25(2)3)20-23-28-24-21-27(30)31/h11-12,23,29H,4-10,13-22,24H2,1-3H3,(H,30,31)/b12-11-,28-23?. The second kappa shape index (κ2) is 23.1. The maximum Gasteiger partial charge on any atom is 0.145 e. The lowest BCUT2D eigenvalue weighted by Gasteiger charge is -2.10. The lowest BCUT2D eigenvalue weighted by atomic mass is 10.1. The number of carbonyl (C=O) groups excluding carboxylic acids is 1. The Bertz CT molecular complexity index is 505. The van der Waals surface area contributed by atoms with Gasteiger partial charge >= 0.3 is 0 Å². The number of aliphatic carboxylic acids is 1. The molecule has 0 fully saturated rings. The average molecular weight is 435 g/mol. The first-order valence-corrected chi connectivity index (χ1v) is 12.9. The first-order chi connectivity index (χ1) is 15.1. The van der Waals surface area contributed by atoms with Gasteiger partial charge in [0.15, 0.2) is 0 Å². The molecule has 0 aromatic carbocycles. The van der Waals surface area contributed by atoms with Crippen LogP contribution in [-0.4, -0.2) is 25.3 Å². The van der Waals surface area contributed by atoms with Crippen molar-refractivity contribution in [2.24, 2.45) is 0 Å². The lowest BCUT2D eigenvalue weighted by Crippen LogP contribution is -2.69. The highest BCUT2D eigenvalue weighted by Gasteiger charge is 2.00. The molecule has 0 unspecified atom stereocenters. The number of carboxylic acids is 1. The first-order valence-electron chi connectivity index (χ1n) is 12.9. The minimum absolute atomic E-state index is 0.0452. The molecule has 0 aliphatic rings. The van der Waals surface area contributed by atoms with E-state index in [0.717, 1.165) is 13.0 Å². The van der Waals surface area contributed by atoms with Gasteiger partial charge in [0.2, 0.25) is 0 Å². The van der Waals surface area contributed by atoms with Crippen molar-refractivity contribution < 1.29 is 14.9 Å². The third-order valence-corrected chi connectivity index (χ3v) is 5.55. The minimum atomic E-state index is -1.01. The summed E-state index contributed by atoms with van der Waals surface area (Å²) in [5.74, 6) is -1.01. The van der Waals surface area contributed by atoms with Gasteiger partial charge in [0.1, 0.15) is 12.8 Å². The van der Waals surface area contributed by atoms with E-state index in [4.69, 9.17) is 0 Å². The topological polar surface area (TPSA) is 66.1 Å². The van der Waals surface area contributed by atoms with Crippen LogP contribution in [0.2, 0.25) is 0 Å². The molecule has 0 aromatic rings. The Morgan fingerprint density at radius 2 is 1.39 bits per heavy atom. The van der Waals surface area contributed by atoms with Crippen LogP contribution in [0.1, 0.15) is 124 Å². The predicted molar refractivity (Wildman–Crippen MR) is 132 cm³/mol. The molecule has 0 rings (SSSR count). The Kier molecular flexibility index (Phi) is 21.9. The molecular formula is C27H50N2O2. The van der Waals surface area contributed by atoms with E-state index in [1.54, 1.807) is 0 Å². The van der Waals surface area contributed by atoms with Crippen molar-refractivity contribution >= 4 is 12.2 Å². The van der Waals surface area contributed by atoms with Gasteiger partial charge in [0.05, 0.1) is 6.42 Å². The molecular weight excluding hydrogens is 384 g/mol. The summed E-state index contributed by atoms with van der Waals surface area (Å²) in [6.07, 6.45) is 26.2. The Balaban J connectivity index is 3.51. The molecule has 2 N–H and O–H groups in total. The molecule has 31 heavy (non-hydrogen) atoms. The fraction of sp³-hybridized carbons (Fsp3) is 0.778. The number of rotatable bonds is 22. The van der Waals surface area contributed by atoms with E-state index in [0.29, 0.717) is 6.54 Å². The molecule has 0 atom stereocenters. The highest BCUT2D eigenvalue weighted by Crippen LogP contribution is 2.10. The predicted octanol–water partition coefficient (Wildman–Crippen LogP) is 4.59. The summed E-state index contributed by atoms with van der Waals surface area (Å²) in [4.78, 5) is 13.4. The summed E-state index contributed by atoms with van der Waals surface area (Å²) >= 11 is 0. The number of carbonyl (C=O) groups is 1. The van der Waals surface area contributed by atoms with Crippen LogP contribution in [0.4, 0.5) is 0 Å². The maximum absolute atomic E-state index is 10.4. The molecule has 0 radical (unpaired) electrons. The fourth-order valence-corrected chi connectivity index (χ4v) is 3.52. The van der Waals surface area contributed by atoms with Crippen molar-refractivity contribution in [1.82, 2.24) is 5.32 Å². The summed E-state index contributed by atoms with van der Waals surface area (Å²) in [5, 5.41) is 13.9. The number of unbranched alkanes of at least 4 members (excludes halogenated alkanes) is 12. The summed E-state index contributed by atoms with van der Waals surface area (Å²) < 4.78 is 0. The van der Waals surface area contributed by atoms with Crippen LogP contribution in [0.3, 0.4) is 0 Å². The van der Waals surface area contributed by atoms with E-state index in [-0.39, 0.29) is 6.42 Å². The monoisotopic (exact) mass is 434 g/mol. The van der Waals surface area contributed by atoms with Crippen LogP contribution in [0, 0.1) is 0 Å². The van der Waals surface area contributed by atoms with Crippen LogP contribution >= 0.6 is 0 Å². The van der Waals surface area contributed by atoms with Crippen LogP contribution in [0.5, 0.6) is 0 Å². The smallest absolute Gasteiger partial charge is 0.145 e. The Morgan fingerprint density at radius 1 is 0.839 bits per heavy atom. The molecule has 0 aliphatic heterocycles. The third-order valence-electron chi connectivity index (χ3n) is 5.55. The molecule has 4 heteroatoms. The first kappa shape index (κ1) is 29.4.